The summed E-state index contributed by atoms with van der Waals surface area (Å²) in [5, 5.41) is 12.2. The second-order valence-electron chi connectivity index (χ2n) is 9.32. The van der Waals surface area contributed by atoms with Gasteiger partial charge in [0.15, 0.2) is 0 Å². The number of aromatic nitrogens is 4. The van der Waals surface area contributed by atoms with E-state index in [1.54, 1.807) is 22.9 Å². The van der Waals surface area contributed by atoms with Crippen molar-refractivity contribution in [3.8, 4) is 11.8 Å². The third-order valence-corrected chi connectivity index (χ3v) is 6.94. The van der Waals surface area contributed by atoms with Gasteiger partial charge in [-0.15, -0.1) is 12.4 Å². The molecule has 0 radical (unpaired) electrons. The van der Waals surface area contributed by atoms with E-state index in [1.807, 2.05) is 35.2 Å². The monoisotopic (exact) mass is 529 g/mol. The van der Waals surface area contributed by atoms with Gasteiger partial charge in [0.2, 0.25) is 0 Å². The highest BCUT2D eigenvalue weighted by Gasteiger charge is 2.29. The minimum atomic E-state index is -0.389. The molecule has 6 rings (SSSR count). The fourth-order valence-corrected chi connectivity index (χ4v) is 5.22. The van der Waals surface area contributed by atoms with E-state index >= 15 is 0 Å². The number of halogens is 2. The molecule has 1 saturated heterocycles. The van der Waals surface area contributed by atoms with Crippen LogP contribution in [0.5, 0.6) is 0 Å². The Balaban J connectivity index is 0.00000294. The number of hydrogen-bond acceptors (Lipinski definition) is 6. The minimum Gasteiger partial charge on any atom is -0.355 e. The van der Waals surface area contributed by atoms with Crippen molar-refractivity contribution < 1.29 is 4.39 Å². The second kappa shape index (κ2) is 10.2. The topological polar surface area (TPSA) is 106 Å². The van der Waals surface area contributed by atoms with Crippen LogP contribution in [0.1, 0.15) is 24.1 Å². The summed E-state index contributed by atoms with van der Waals surface area (Å²) in [5.74, 6) is 0.171. The summed E-state index contributed by atoms with van der Waals surface area (Å²) in [7, 11) is 0. The molecule has 1 aliphatic heterocycles. The summed E-state index contributed by atoms with van der Waals surface area (Å²) in [5.41, 5.74) is 8.15. The largest absolute Gasteiger partial charge is 0.355 e. The fourth-order valence-electron chi connectivity index (χ4n) is 5.22. The molecule has 5 aromatic rings. The summed E-state index contributed by atoms with van der Waals surface area (Å²) in [6, 6.07) is 17.9. The first-order chi connectivity index (χ1) is 18.0. The van der Waals surface area contributed by atoms with Crippen LogP contribution in [0.2, 0.25) is 0 Å². The van der Waals surface area contributed by atoms with E-state index in [1.165, 1.54) is 23.0 Å². The molecule has 1 aliphatic rings. The highest BCUT2D eigenvalue weighted by Crippen LogP contribution is 2.34. The maximum absolute atomic E-state index is 14.0. The van der Waals surface area contributed by atoms with Gasteiger partial charge >= 0.3 is 0 Å². The Morgan fingerprint density at radius 3 is 2.66 bits per heavy atom. The lowest BCUT2D eigenvalue weighted by Crippen LogP contribution is -2.43. The number of anilines is 1. The number of benzene rings is 2. The van der Waals surface area contributed by atoms with Crippen LogP contribution in [0.25, 0.3) is 27.5 Å². The van der Waals surface area contributed by atoms with E-state index < -0.39 is 0 Å². The van der Waals surface area contributed by atoms with Crippen molar-refractivity contribution in [2.24, 2.45) is 5.73 Å². The number of rotatable bonds is 4. The lowest BCUT2D eigenvalue weighted by molar-refractivity contribution is 0.501. The molecular weight excluding hydrogens is 505 g/mol. The molecule has 0 saturated carbocycles. The highest BCUT2D eigenvalue weighted by molar-refractivity contribution is 5.91. The van der Waals surface area contributed by atoms with Gasteiger partial charge < -0.3 is 10.6 Å². The number of hydrogen-bond donors (Lipinski definition) is 1. The Hall–Kier alpha value is -4.26. The van der Waals surface area contributed by atoms with Crippen molar-refractivity contribution in [3.05, 3.63) is 94.5 Å². The van der Waals surface area contributed by atoms with E-state index in [-0.39, 0.29) is 41.9 Å². The first-order valence-corrected chi connectivity index (χ1v) is 12.2. The lowest BCUT2D eigenvalue weighted by Gasteiger charge is -2.33. The zero-order chi connectivity index (χ0) is 25.5. The van der Waals surface area contributed by atoms with E-state index in [0.29, 0.717) is 35.7 Å². The van der Waals surface area contributed by atoms with E-state index in [0.717, 1.165) is 29.3 Å². The van der Waals surface area contributed by atoms with Gasteiger partial charge in [0.1, 0.15) is 34.3 Å². The molecule has 2 N–H and O–H groups in total. The van der Waals surface area contributed by atoms with Crippen molar-refractivity contribution in [1.29, 1.82) is 5.26 Å². The Bertz CT molecular complexity index is 1730. The average molecular weight is 530 g/mol. The molecule has 0 aliphatic carbocycles. The molecule has 38 heavy (non-hydrogen) atoms. The molecule has 3 aromatic heterocycles. The first kappa shape index (κ1) is 25.4. The predicted octanol–water partition coefficient (Wildman–Crippen LogP) is 4.14. The van der Waals surface area contributed by atoms with Gasteiger partial charge in [0, 0.05) is 36.4 Å². The standard InChI is InChI=1S/C28H24FN7O.ClH/c29-19-7-9-21(10-8-19)36-26-25(23(14-30)27(36)34-13-3-5-20(31)15-34)33-17-35(28(26)37)16-24-22-6-2-1-4-18(22)11-12-32-24;/h1-2,4,6-12,17,20H,3,5,13,15-16,31H2;1H/t20-;/m0./s1. The van der Waals surface area contributed by atoms with Crippen LogP contribution in [0.3, 0.4) is 0 Å². The minimum absolute atomic E-state index is 0. The Morgan fingerprint density at radius 2 is 1.89 bits per heavy atom. The second-order valence-corrected chi connectivity index (χ2v) is 9.32. The fraction of sp³-hybridized carbons (Fsp3) is 0.214. The summed E-state index contributed by atoms with van der Waals surface area (Å²) < 4.78 is 17.1. The quantitative estimate of drug-likeness (QED) is 0.375. The smallest absolute Gasteiger partial charge is 0.278 e. The zero-order valence-corrected chi connectivity index (χ0v) is 21.2. The number of pyridine rings is 1. The van der Waals surface area contributed by atoms with Crippen LogP contribution in [-0.2, 0) is 6.54 Å². The van der Waals surface area contributed by atoms with Crippen LogP contribution in [0, 0.1) is 17.1 Å². The molecule has 0 spiro atoms. The van der Waals surface area contributed by atoms with Gasteiger partial charge in [0.05, 0.1) is 18.6 Å². The van der Waals surface area contributed by atoms with Gasteiger partial charge in [-0.05, 0) is 48.6 Å². The summed E-state index contributed by atoms with van der Waals surface area (Å²) >= 11 is 0. The third-order valence-electron chi connectivity index (χ3n) is 6.94. The number of nitrogens with two attached hydrogens (primary N) is 1. The molecule has 8 nitrogen and oxygen atoms in total. The SMILES string of the molecule is Cl.N#Cc1c(N2CCC[C@H](N)C2)n(-c2ccc(F)cc2)c2c(=O)n(Cc3nccc4ccccc34)cnc12. The van der Waals surface area contributed by atoms with Crippen LogP contribution in [0.15, 0.2) is 71.9 Å². The Kier molecular flexibility index (Phi) is 6.85. The van der Waals surface area contributed by atoms with Crippen LogP contribution in [-0.4, -0.2) is 38.2 Å². The Labute approximate surface area is 224 Å². The molecular formula is C28H25ClFN7O. The predicted molar refractivity (Wildman–Crippen MR) is 148 cm³/mol. The third kappa shape index (κ3) is 4.28. The van der Waals surface area contributed by atoms with Crippen LogP contribution >= 0.6 is 12.4 Å². The summed E-state index contributed by atoms with van der Waals surface area (Å²) in [4.78, 5) is 25.2. The molecule has 2 aromatic carbocycles. The van der Waals surface area contributed by atoms with Crippen molar-refractivity contribution in [1.82, 2.24) is 19.1 Å². The van der Waals surface area contributed by atoms with Gasteiger partial charge in [0.25, 0.3) is 5.56 Å². The number of fused-ring (bicyclic) bond motifs is 2. The molecule has 4 heterocycles. The van der Waals surface area contributed by atoms with Gasteiger partial charge in [-0.2, -0.15) is 5.26 Å². The zero-order valence-electron chi connectivity index (χ0n) is 20.4. The maximum Gasteiger partial charge on any atom is 0.278 e. The molecule has 0 amide bonds. The van der Waals surface area contributed by atoms with Crippen molar-refractivity contribution in [3.63, 3.8) is 0 Å². The maximum atomic E-state index is 14.0. The van der Waals surface area contributed by atoms with Gasteiger partial charge in [-0.25, -0.2) is 9.37 Å². The normalized spacial score (nSPS) is 15.4. The molecule has 10 heteroatoms. The molecule has 0 unspecified atom stereocenters. The lowest BCUT2D eigenvalue weighted by atomic mass is 10.1. The molecule has 1 fully saturated rings. The van der Waals surface area contributed by atoms with E-state index in [4.69, 9.17) is 5.73 Å². The average Bonchev–Trinajstić information content (AvgIpc) is 3.26. The van der Waals surface area contributed by atoms with Gasteiger partial charge in [-0.1, -0.05) is 24.3 Å². The molecule has 192 valence electrons. The summed E-state index contributed by atoms with van der Waals surface area (Å²) in [6.07, 6.45) is 4.94. The molecule has 1 atom stereocenters. The summed E-state index contributed by atoms with van der Waals surface area (Å²) in [6.45, 7) is 1.44. The van der Waals surface area contributed by atoms with Crippen molar-refractivity contribution in [2.45, 2.75) is 25.4 Å². The Morgan fingerprint density at radius 1 is 1.11 bits per heavy atom. The molecule has 0 bridgehead atoms. The number of piperidine rings is 1. The first-order valence-electron chi connectivity index (χ1n) is 12.2. The van der Waals surface area contributed by atoms with Crippen LogP contribution < -0.4 is 16.2 Å². The van der Waals surface area contributed by atoms with Crippen molar-refractivity contribution >= 4 is 40.0 Å². The van der Waals surface area contributed by atoms with E-state index in [2.05, 4.69) is 16.0 Å². The number of nitrogens with zero attached hydrogens (tertiary/aromatic N) is 6. The van der Waals surface area contributed by atoms with Crippen molar-refractivity contribution in [2.75, 3.05) is 18.0 Å². The van der Waals surface area contributed by atoms with Crippen LogP contribution in [0.4, 0.5) is 10.2 Å². The van der Waals surface area contributed by atoms with E-state index in [9.17, 15) is 14.4 Å². The van der Waals surface area contributed by atoms with Gasteiger partial charge in [-0.3, -0.25) is 18.9 Å². The highest BCUT2D eigenvalue weighted by atomic mass is 35.5. The number of nitriles is 1.